The number of aryl methyl sites for hydroxylation is 1. The van der Waals surface area contributed by atoms with E-state index in [1.54, 1.807) is 0 Å². The molecule has 0 amide bonds. The summed E-state index contributed by atoms with van der Waals surface area (Å²) < 4.78 is 1.90. The molecule has 5 nitrogen and oxygen atoms in total. The Morgan fingerprint density at radius 1 is 1.12 bits per heavy atom. The number of rotatable bonds is 7. The van der Waals surface area contributed by atoms with Crippen LogP contribution in [0, 0.1) is 12.8 Å². The number of aromatic nitrogens is 3. The van der Waals surface area contributed by atoms with Crippen LogP contribution in [0.1, 0.15) is 29.5 Å². The third kappa shape index (κ3) is 4.86. The smallest absolute Gasteiger partial charge is 0.160 e. The topological polar surface area (TPSA) is 45.5 Å². The number of anilines is 1. The highest BCUT2D eigenvalue weighted by molar-refractivity contribution is 6.33. The lowest BCUT2D eigenvalue weighted by Gasteiger charge is -2.32. The van der Waals surface area contributed by atoms with E-state index in [0.717, 1.165) is 54.5 Å². The van der Waals surface area contributed by atoms with Gasteiger partial charge in [0.15, 0.2) is 5.65 Å². The van der Waals surface area contributed by atoms with E-state index in [1.165, 1.54) is 24.0 Å². The van der Waals surface area contributed by atoms with Crippen LogP contribution in [0.25, 0.3) is 23.0 Å². The van der Waals surface area contributed by atoms with E-state index < -0.39 is 0 Å². The van der Waals surface area contributed by atoms with Gasteiger partial charge in [-0.3, -0.25) is 4.90 Å². The first-order valence-electron chi connectivity index (χ1n) is 11.9. The van der Waals surface area contributed by atoms with Gasteiger partial charge in [0, 0.05) is 35.3 Å². The molecule has 6 heteroatoms. The molecule has 0 radical (unpaired) electrons. The highest BCUT2D eigenvalue weighted by atomic mass is 35.5. The van der Waals surface area contributed by atoms with Crippen LogP contribution in [0.5, 0.6) is 0 Å². The van der Waals surface area contributed by atoms with Crippen molar-refractivity contribution in [2.75, 3.05) is 25.0 Å². The lowest BCUT2D eigenvalue weighted by atomic mass is 9.96. The number of nitrogens with zero attached hydrogens (tertiary/aromatic N) is 4. The first-order chi connectivity index (χ1) is 16.6. The minimum Gasteiger partial charge on any atom is -0.370 e. The molecule has 0 saturated carbocycles. The molecule has 0 bridgehead atoms. The standard InChI is InChI=1S/C28H30ClN5/c1-3-21-7-6-8-23(15-21)19-33-13-11-22(12-14-33)18-30-27-16-26(24-9-4-5-10-25(24)29)32-28-20(2)17-31-34(27)28/h3-10,15-17,22,30H,1,11-14,18-19H2,2H3. The van der Waals surface area contributed by atoms with Crippen LogP contribution >= 0.6 is 11.6 Å². The lowest BCUT2D eigenvalue weighted by molar-refractivity contribution is 0.182. The maximum absolute atomic E-state index is 6.47. The van der Waals surface area contributed by atoms with Gasteiger partial charge in [-0.25, -0.2) is 4.98 Å². The van der Waals surface area contributed by atoms with Crippen molar-refractivity contribution in [3.8, 4) is 11.3 Å². The van der Waals surface area contributed by atoms with Crippen LogP contribution in [-0.2, 0) is 6.54 Å². The van der Waals surface area contributed by atoms with Crippen LogP contribution in [-0.4, -0.2) is 39.1 Å². The summed E-state index contributed by atoms with van der Waals surface area (Å²) in [6.45, 7) is 10.1. The Morgan fingerprint density at radius 3 is 2.74 bits per heavy atom. The Labute approximate surface area is 206 Å². The molecule has 174 valence electrons. The van der Waals surface area contributed by atoms with E-state index in [2.05, 4.69) is 52.2 Å². The van der Waals surface area contributed by atoms with Gasteiger partial charge in [-0.2, -0.15) is 9.61 Å². The summed E-state index contributed by atoms with van der Waals surface area (Å²) >= 11 is 6.47. The number of nitrogens with one attached hydrogen (secondary N) is 1. The van der Waals surface area contributed by atoms with Crippen molar-refractivity contribution in [3.63, 3.8) is 0 Å². The van der Waals surface area contributed by atoms with Gasteiger partial charge in [-0.1, -0.05) is 66.7 Å². The summed E-state index contributed by atoms with van der Waals surface area (Å²) in [4.78, 5) is 7.40. The molecule has 0 aliphatic carbocycles. The Morgan fingerprint density at radius 2 is 1.94 bits per heavy atom. The number of piperidine rings is 1. The van der Waals surface area contributed by atoms with Crippen LogP contribution in [0.15, 0.2) is 67.4 Å². The largest absolute Gasteiger partial charge is 0.370 e. The molecule has 1 N–H and O–H groups in total. The molecule has 1 saturated heterocycles. The zero-order chi connectivity index (χ0) is 23.5. The molecule has 2 aromatic carbocycles. The number of fused-ring (bicyclic) bond motifs is 1. The average molecular weight is 472 g/mol. The van der Waals surface area contributed by atoms with Crippen molar-refractivity contribution in [2.45, 2.75) is 26.3 Å². The fraction of sp³-hybridized carbons (Fsp3) is 0.286. The van der Waals surface area contributed by atoms with Crippen molar-refractivity contribution < 1.29 is 0 Å². The fourth-order valence-electron chi connectivity index (χ4n) is 4.68. The SMILES string of the molecule is C=Cc1cccc(CN2CCC(CNc3cc(-c4ccccc4Cl)nc4c(C)cnn34)CC2)c1. The van der Waals surface area contributed by atoms with Crippen LogP contribution in [0.2, 0.25) is 5.02 Å². The summed E-state index contributed by atoms with van der Waals surface area (Å²) in [5.41, 5.74) is 6.24. The summed E-state index contributed by atoms with van der Waals surface area (Å²) in [5.74, 6) is 1.58. The van der Waals surface area contributed by atoms with E-state index in [4.69, 9.17) is 16.6 Å². The second-order valence-corrected chi connectivity index (χ2v) is 9.53. The molecule has 34 heavy (non-hydrogen) atoms. The van der Waals surface area contributed by atoms with Gasteiger partial charge in [0.05, 0.1) is 11.9 Å². The van der Waals surface area contributed by atoms with Gasteiger partial charge >= 0.3 is 0 Å². The highest BCUT2D eigenvalue weighted by Gasteiger charge is 2.20. The summed E-state index contributed by atoms with van der Waals surface area (Å²) in [7, 11) is 0. The summed E-state index contributed by atoms with van der Waals surface area (Å²) in [5, 5.41) is 8.93. The van der Waals surface area contributed by atoms with Gasteiger partial charge in [0.1, 0.15) is 5.82 Å². The third-order valence-electron chi connectivity index (χ3n) is 6.67. The van der Waals surface area contributed by atoms with Crippen LogP contribution in [0.4, 0.5) is 5.82 Å². The third-order valence-corrected chi connectivity index (χ3v) is 7.00. The molecule has 0 unspecified atom stereocenters. The van der Waals surface area contributed by atoms with E-state index >= 15 is 0 Å². The maximum atomic E-state index is 6.47. The number of hydrogen-bond acceptors (Lipinski definition) is 4. The van der Waals surface area contributed by atoms with Gasteiger partial charge in [0.25, 0.3) is 0 Å². The van der Waals surface area contributed by atoms with Crippen molar-refractivity contribution >= 4 is 29.1 Å². The first kappa shape index (κ1) is 22.6. The Hall–Kier alpha value is -3.15. The highest BCUT2D eigenvalue weighted by Crippen LogP contribution is 2.29. The molecule has 5 rings (SSSR count). The molecule has 3 heterocycles. The molecule has 1 fully saturated rings. The van der Waals surface area contributed by atoms with Crippen molar-refractivity contribution in [3.05, 3.63) is 89.1 Å². The second-order valence-electron chi connectivity index (χ2n) is 9.12. The monoisotopic (exact) mass is 471 g/mol. The number of halogens is 1. The van der Waals surface area contributed by atoms with Crippen LogP contribution < -0.4 is 5.32 Å². The van der Waals surface area contributed by atoms with Crippen molar-refractivity contribution in [1.82, 2.24) is 19.5 Å². The molecule has 4 aromatic rings. The van der Waals surface area contributed by atoms with Gasteiger partial charge in [-0.15, -0.1) is 0 Å². The summed E-state index contributed by atoms with van der Waals surface area (Å²) in [6.07, 6.45) is 6.13. The molecule has 2 aromatic heterocycles. The van der Waals surface area contributed by atoms with E-state index in [1.807, 2.05) is 48.0 Å². The number of hydrogen-bond donors (Lipinski definition) is 1. The predicted molar refractivity (Wildman–Crippen MR) is 141 cm³/mol. The molecule has 0 spiro atoms. The second kappa shape index (κ2) is 10.00. The average Bonchev–Trinajstić information content (AvgIpc) is 3.24. The zero-order valence-corrected chi connectivity index (χ0v) is 20.3. The van der Waals surface area contributed by atoms with E-state index in [-0.39, 0.29) is 0 Å². The minimum absolute atomic E-state index is 0.624. The van der Waals surface area contributed by atoms with Gasteiger partial charge in [0.2, 0.25) is 0 Å². The van der Waals surface area contributed by atoms with E-state index in [9.17, 15) is 0 Å². The zero-order valence-electron chi connectivity index (χ0n) is 19.5. The Balaban J connectivity index is 1.26. The summed E-state index contributed by atoms with van der Waals surface area (Å²) in [6, 6.07) is 18.6. The molecular formula is C28H30ClN5. The van der Waals surface area contributed by atoms with Crippen LogP contribution in [0.3, 0.4) is 0 Å². The van der Waals surface area contributed by atoms with Crippen molar-refractivity contribution in [1.29, 1.82) is 0 Å². The predicted octanol–water partition coefficient (Wildman–Crippen LogP) is 6.33. The van der Waals surface area contributed by atoms with Gasteiger partial charge in [-0.05, 0) is 56.0 Å². The minimum atomic E-state index is 0.624. The quantitative estimate of drug-likeness (QED) is 0.342. The van der Waals surface area contributed by atoms with Crippen molar-refractivity contribution in [2.24, 2.45) is 5.92 Å². The Bertz CT molecular complexity index is 1300. The number of benzene rings is 2. The normalized spacial score (nSPS) is 15.0. The molecule has 0 atom stereocenters. The lowest BCUT2D eigenvalue weighted by Crippen LogP contribution is -2.35. The molecule has 1 aliphatic heterocycles. The number of likely N-dealkylation sites (tertiary alicyclic amines) is 1. The van der Waals surface area contributed by atoms with E-state index in [0.29, 0.717) is 10.9 Å². The Kier molecular flexibility index (Phi) is 6.66. The molecule has 1 aliphatic rings. The first-order valence-corrected chi connectivity index (χ1v) is 12.3. The van der Waals surface area contributed by atoms with Gasteiger partial charge < -0.3 is 5.32 Å². The fourth-order valence-corrected chi connectivity index (χ4v) is 4.91. The maximum Gasteiger partial charge on any atom is 0.160 e. The molecular weight excluding hydrogens is 442 g/mol.